The van der Waals surface area contributed by atoms with Crippen LogP contribution < -0.4 is 16.3 Å². The summed E-state index contributed by atoms with van der Waals surface area (Å²) in [6.45, 7) is 2.73. The first kappa shape index (κ1) is 15.4. The highest BCUT2D eigenvalue weighted by Crippen LogP contribution is 2.32. The molecule has 0 spiro atoms. The van der Waals surface area contributed by atoms with Crippen LogP contribution in [0.4, 0.5) is 0 Å². The van der Waals surface area contributed by atoms with Crippen molar-refractivity contribution in [3.05, 3.63) is 34.2 Å². The zero-order chi connectivity index (χ0) is 16.7. The van der Waals surface area contributed by atoms with Gasteiger partial charge in [-0.2, -0.15) is 0 Å². The van der Waals surface area contributed by atoms with Crippen LogP contribution in [0.2, 0.25) is 0 Å². The van der Waals surface area contributed by atoms with Crippen molar-refractivity contribution in [1.82, 2.24) is 19.8 Å². The number of rotatable bonds is 2. The predicted octanol–water partition coefficient (Wildman–Crippen LogP) is 1.26. The lowest BCUT2D eigenvalue weighted by Crippen LogP contribution is -2.41. The normalized spacial score (nSPS) is 22.7. The van der Waals surface area contributed by atoms with Crippen LogP contribution in [0.5, 0.6) is 0 Å². The molecule has 0 bridgehead atoms. The molecular formula is C18H24N4O2. The number of carbonyl (C=O) groups is 1. The van der Waals surface area contributed by atoms with E-state index in [1.807, 2.05) is 19.2 Å². The average Bonchev–Trinajstić information content (AvgIpc) is 2.88. The number of amides is 1. The third kappa shape index (κ3) is 2.36. The van der Waals surface area contributed by atoms with Gasteiger partial charge in [-0.15, -0.1) is 0 Å². The number of carbonyl (C=O) groups excluding carboxylic acids is 1. The molecule has 24 heavy (non-hydrogen) atoms. The first-order valence-corrected chi connectivity index (χ1v) is 8.86. The van der Waals surface area contributed by atoms with Crippen molar-refractivity contribution in [1.29, 1.82) is 0 Å². The molecule has 0 radical (unpaired) electrons. The molecular weight excluding hydrogens is 304 g/mol. The zero-order valence-electron chi connectivity index (χ0n) is 14.0. The Balaban J connectivity index is 1.89. The van der Waals surface area contributed by atoms with Gasteiger partial charge in [-0.05, 0) is 56.3 Å². The summed E-state index contributed by atoms with van der Waals surface area (Å²) in [5, 5.41) is 6.29. The van der Waals surface area contributed by atoms with Crippen LogP contribution in [0.25, 0.3) is 11.0 Å². The van der Waals surface area contributed by atoms with Crippen LogP contribution in [-0.4, -0.2) is 34.7 Å². The highest BCUT2D eigenvalue weighted by atomic mass is 16.2. The summed E-state index contributed by atoms with van der Waals surface area (Å²) in [5.41, 5.74) is 3.03. The molecule has 3 heterocycles. The Hall–Kier alpha value is -2.08. The van der Waals surface area contributed by atoms with Crippen LogP contribution in [0.3, 0.4) is 0 Å². The summed E-state index contributed by atoms with van der Waals surface area (Å²) < 4.78 is 3.43. The van der Waals surface area contributed by atoms with Gasteiger partial charge in [0.2, 0.25) is 5.91 Å². The predicted molar refractivity (Wildman–Crippen MR) is 93.3 cm³/mol. The quantitative estimate of drug-likeness (QED) is 0.872. The smallest absolute Gasteiger partial charge is 0.329 e. The Morgan fingerprint density at radius 3 is 2.62 bits per heavy atom. The van der Waals surface area contributed by atoms with Gasteiger partial charge in [0.15, 0.2) is 0 Å². The summed E-state index contributed by atoms with van der Waals surface area (Å²) in [7, 11) is 1.83. The van der Waals surface area contributed by atoms with Gasteiger partial charge >= 0.3 is 5.69 Å². The topological polar surface area (TPSA) is 68.1 Å². The van der Waals surface area contributed by atoms with Crippen LogP contribution in [0.15, 0.2) is 23.0 Å². The third-order valence-corrected chi connectivity index (χ3v) is 5.48. The summed E-state index contributed by atoms with van der Waals surface area (Å²) in [6.07, 6.45) is 3.81. The van der Waals surface area contributed by atoms with Crippen molar-refractivity contribution < 1.29 is 4.79 Å². The molecule has 1 aromatic heterocycles. The minimum atomic E-state index is -0.391. The Morgan fingerprint density at radius 1 is 1.08 bits per heavy atom. The lowest BCUT2D eigenvalue weighted by Gasteiger charge is -2.24. The second-order valence-corrected chi connectivity index (χ2v) is 6.90. The number of benzene rings is 1. The first-order valence-electron chi connectivity index (χ1n) is 8.86. The summed E-state index contributed by atoms with van der Waals surface area (Å²) >= 11 is 0. The van der Waals surface area contributed by atoms with E-state index in [1.165, 1.54) is 5.56 Å². The Labute approximate surface area is 140 Å². The van der Waals surface area contributed by atoms with Crippen LogP contribution in [0.1, 0.15) is 43.2 Å². The summed E-state index contributed by atoms with van der Waals surface area (Å²) in [5.74, 6) is 0.430. The molecule has 128 valence electrons. The van der Waals surface area contributed by atoms with Gasteiger partial charge in [-0.1, -0.05) is 12.1 Å². The lowest BCUT2D eigenvalue weighted by atomic mass is 9.89. The molecule has 2 saturated heterocycles. The minimum absolute atomic E-state index is 0.0388. The van der Waals surface area contributed by atoms with Gasteiger partial charge < -0.3 is 10.6 Å². The van der Waals surface area contributed by atoms with E-state index in [-0.39, 0.29) is 11.6 Å². The van der Waals surface area contributed by atoms with E-state index in [0.717, 1.165) is 49.8 Å². The third-order valence-electron chi connectivity index (χ3n) is 5.48. The van der Waals surface area contributed by atoms with Gasteiger partial charge in [0, 0.05) is 13.6 Å². The standard InChI is InChI=1S/C18H24N4O2/c1-21-16-13(12-7-10-19-11-8-12)4-2-5-14(16)22(18(21)24)15-6-3-9-20-17(15)23/h2,4-5,12,15,19H,3,6-11H2,1H3,(H,20,23). The van der Waals surface area contributed by atoms with Gasteiger partial charge in [0.1, 0.15) is 6.04 Å². The Bertz CT molecular complexity index is 829. The number of nitrogens with one attached hydrogen (secondary N) is 2. The van der Waals surface area contributed by atoms with Gasteiger partial charge in [0.25, 0.3) is 0 Å². The number of aryl methyl sites for hydroxylation is 1. The second kappa shape index (κ2) is 6.09. The van der Waals surface area contributed by atoms with E-state index < -0.39 is 6.04 Å². The van der Waals surface area contributed by atoms with Crippen molar-refractivity contribution in [3.8, 4) is 0 Å². The molecule has 6 nitrogen and oxygen atoms in total. The maximum Gasteiger partial charge on any atom is 0.329 e. The van der Waals surface area contributed by atoms with Crippen LogP contribution in [-0.2, 0) is 11.8 Å². The molecule has 1 amide bonds. The molecule has 1 aromatic carbocycles. The van der Waals surface area contributed by atoms with E-state index in [9.17, 15) is 9.59 Å². The van der Waals surface area contributed by atoms with Gasteiger partial charge in [-0.3, -0.25) is 13.9 Å². The molecule has 2 aliphatic rings. The number of piperidine rings is 2. The zero-order valence-corrected chi connectivity index (χ0v) is 14.0. The number of hydrogen-bond acceptors (Lipinski definition) is 3. The molecule has 2 aliphatic heterocycles. The number of para-hydroxylation sites is 1. The van der Waals surface area contributed by atoms with Crippen molar-refractivity contribution in [3.63, 3.8) is 0 Å². The average molecular weight is 328 g/mol. The van der Waals surface area contributed by atoms with E-state index in [4.69, 9.17) is 0 Å². The molecule has 2 aromatic rings. The van der Waals surface area contributed by atoms with Gasteiger partial charge in [0.05, 0.1) is 11.0 Å². The number of imidazole rings is 1. The van der Waals surface area contributed by atoms with Crippen molar-refractivity contribution >= 4 is 16.9 Å². The molecule has 6 heteroatoms. The number of hydrogen-bond donors (Lipinski definition) is 2. The Morgan fingerprint density at radius 2 is 1.88 bits per heavy atom. The largest absolute Gasteiger partial charge is 0.354 e. The maximum atomic E-state index is 12.9. The van der Waals surface area contributed by atoms with Gasteiger partial charge in [-0.25, -0.2) is 4.79 Å². The fourth-order valence-corrected chi connectivity index (χ4v) is 4.23. The monoisotopic (exact) mass is 328 g/mol. The minimum Gasteiger partial charge on any atom is -0.354 e. The second-order valence-electron chi connectivity index (χ2n) is 6.90. The molecule has 4 rings (SSSR count). The SMILES string of the molecule is Cn1c(=O)n(C2CCCNC2=O)c2cccc(C3CCNCC3)c21. The highest BCUT2D eigenvalue weighted by molar-refractivity contribution is 5.86. The fourth-order valence-electron chi connectivity index (χ4n) is 4.23. The highest BCUT2D eigenvalue weighted by Gasteiger charge is 2.29. The van der Waals surface area contributed by atoms with E-state index in [2.05, 4.69) is 16.7 Å². The van der Waals surface area contributed by atoms with Crippen LogP contribution >= 0.6 is 0 Å². The van der Waals surface area contributed by atoms with Crippen molar-refractivity contribution in [2.24, 2.45) is 7.05 Å². The number of nitrogens with zero attached hydrogens (tertiary/aromatic N) is 2. The van der Waals surface area contributed by atoms with E-state index in [1.54, 1.807) is 9.13 Å². The molecule has 1 unspecified atom stereocenters. The Kier molecular flexibility index (Phi) is 3.92. The molecule has 2 fully saturated rings. The summed E-state index contributed by atoms with van der Waals surface area (Å²) in [4.78, 5) is 25.2. The first-order chi connectivity index (χ1) is 11.7. The fraction of sp³-hybridized carbons (Fsp3) is 0.556. The maximum absolute atomic E-state index is 12.9. The van der Waals surface area contributed by atoms with Crippen molar-refractivity contribution in [2.75, 3.05) is 19.6 Å². The van der Waals surface area contributed by atoms with E-state index in [0.29, 0.717) is 12.5 Å². The van der Waals surface area contributed by atoms with E-state index >= 15 is 0 Å². The van der Waals surface area contributed by atoms with Crippen molar-refractivity contribution in [2.45, 2.75) is 37.6 Å². The molecule has 1 atom stereocenters. The molecule has 0 aliphatic carbocycles. The molecule has 2 N–H and O–H groups in total. The molecule has 0 saturated carbocycles. The summed E-state index contributed by atoms with van der Waals surface area (Å²) in [6, 6.07) is 5.75. The number of fused-ring (bicyclic) bond motifs is 1. The van der Waals surface area contributed by atoms with Crippen LogP contribution in [0, 0.1) is 0 Å². The lowest BCUT2D eigenvalue weighted by molar-refractivity contribution is -0.125. The number of aromatic nitrogens is 2.